The highest BCUT2D eigenvalue weighted by Crippen LogP contribution is 2.26. The first-order valence-corrected chi connectivity index (χ1v) is 4.84. The fourth-order valence-electron chi connectivity index (χ4n) is 1.53. The molecule has 0 aliphatic rings. The van der Waals surface area contributed by atoms with Gasteiger partial charge in [0.15, 0.2) is 5.82 Å². The zero-order valence-electron chi connectivity index (χ0n) is 9.26. The van der Waals surface area contributed by atoms with Gasteiger partial charge in [0.25, 0.3) is 0 Å². The van der Waals surface area contributed by atoms with Crippen molar-refractivity contribution < 1.29 is 13.5 Å². The Morgan fingerprint density at radius 1 is 1.35 bits per heavy atom. The number of tetrazole rings is 1. The minimum Gasteiger partial charge on any atom is -0.496 e. The van der Waals surface area contributed by atoms with Crippen molar-refractivity contribution in [2.24, 2.45) is 0 Å². The second kappa shape index (κ2) is 4.44. The van der Waals surface area contributed by atoms with Crippen LogP contribution < -0.4 is 4.74 Å². The normalized spacial score (nSPS) is 10.9. The lowest BCUT2D eigenvalue weighted by Gasteiger charge is -2.07. The van der Waals surface area contributed by atoms with E-state index in [2.05, 4.69) is 15.5 Å². The maximum absolute atomic E-state index is 12.6. The Labute approximate surface area is 96.0 Å². The molecule has 0 saturated heterocycles. The van der Waals surface area contributed by atoms with E-state index in [1.807, 2.05) is 6.92 Å². The average molecular weight is 240 g/mol. The van der Waals surface area contributed by atoms with E-state index in [-0.39, 0.29) is 5.82 Å². The van der Waals surface area contributed by atoms with Gasteiger partial charge in [-0.1, -0.05) is 0 Å². The smallest absolute Gasteiger partial charge is 0.336 e. The molecular weight excluding hydrogens is 230 g/mol. The van der Waals surface area contributed by atoms with Gasteiger partial charge >= 0.3 is 6.55 Å². The largest absolute Gasteiger partial charge is 0.496 e. The quantitative estimate of drug-likeness (QED) is 0.823. The van der Waals surface area contributed by atoms with Crippen LogP contribution in [0.2, 0.25) is 0 Å². The van der Waals surface area contributed by atoms with Crippen LogP contribution in [0.15, 0.2) is 18.2 Å². The number of nitrogens with zero attached hydrogens (tertiary/aromatic N) is 4. The summed E-state index contributed by atoms with van der Waals surface area (Å²) in [4.78, 5) is 0. The Morgan fingerprint density at radius 3 is 2.71 bits per heavy atom. The highest BCUT2D eigenvalue weighted by molar-refractivity contribution is 5.58. The predicted octanol–water partition coefficient (Wildman–Crippen LogP) is 2.05. The number of aromatic nitrogens is 4. The fraction of sp³-hybridized carbons (Fsp3) is 0.300. The van der Waals surface area contributed by atoms with Crippen molar-refractivity contribution in [1.82, 2.24) is 20.2 Å². The summed E-state index contributed by atoms with van der Waals surface area (Å²) in [6.45, 7) is -0.943. The van der Waals surface area contributed by atoms with Gasteiger partial charge in [-0.15, -0.1) is 5.10 Å². The summed E-state index contributed by atoms with van der Waals surface area (Å²) in [5, 5.41) is 10.1. The number of rotatable bonds is 3. The minimum absolute atomic E-state index is 0.0331. The van der Waals surface area contributed by atoms with Crippen molar-refractivity contribution in [1.29, 1.82) is 0 Å². The molecule has 90 valence electrons. The van der Waals surface area contributed by atoms with Gasteiger partial charge in [-0.05, 0) is 41.1 Å². The SMILES string of the molecule is COc1ccc(-c2nnnn2C(F)F)cc1C. The van der Waals surface area contributed by atoms with E-state index in [1.165, 1.54) is 0 Å². The van der Waals surface area contributed by atoms with Crippen LogP contribution in [0.25, 0.3) is 11.4 Å². The van der Waals surface area contributed by atoms with E-state index in [0.29, 0.717) is 16.0 Å². The molecule has 0 fully saturated rings. The number of halogens is 2. The molecule has 2 aromatic rings. The molecule has 1 aromatic carbocycles. The Morgan fingerprint density at radius 2 is 2.12 bits per heavy atom. The Kier molecular flexibility index (Phi) is 2.99. The second-order valence-corrected chi connectivity index (χ2v) is 3.41. The molecule has 0 bridgehead atoms. The van der Waals surface area contributed by atoms with E-state index in [1.54, 1.807) is 25.3 Å². The van der Waals surface area contributed by atoms with Crippen molar-refractivity contribution in [3.05, 3.63) is 23.8 Å². The average Bonchev–Trinajstić information content (AvgIpc) is 2.77. The highest BCUT2D eigenvalue weighted by Gasteiger charge is 2.16. The van der Waals surface area contributed by atoms with Crippen LogP contribution in [0, 0.1) is 6.92 Å². The fourth-order valence-corrected chi connectivity index (χ4v) is 1.53. The molecule has 1 heterocycles. The van der Waals surface area contributed by atoms with Crippen molar-refractivity contribution in [2.45, 2.75) is 13.5 Å². The zero-order valence-corrected chi connectivity index (χ0v) is 9.26. The molecule has 17 heavy (non-hydrogen) atoms. The number of ether oxygens (including phenoxy) is 1. The van der Waals surface area contributed by atoms with Gasteiger partial charge in [0.2, 0.25) is 0 Å². The van der Waals surface area contributed by atoms with Gasteiger partial charge in [-0.2, -0.15) is 13.5 Å². The first-order chi connectivity index (χ1) is 8.13. The van der Waals surface area contributed by atoms with Crippen LogP contribution in [0.4, 0.5) is 8.78 Å². The predicted molar refractivity (Wildman–Crippen MR) is 55.8 cm³/mol. The van der Waals surface area contributed by atoms with Crippen LogP contribution in [0.3, 0.4) is 0 Å². The minimum atomic E-state index is -2.76. The number of alkyl halides is 2. The van der Waals surface area contributed by atoms with Gasteiger partial charge < -0.3 is 4.74 Å². The Balaban J connectivity index is 2.46. The van der Waals surface area contributed by atoms with Crippen molar-refractivity contribution >= 4 is 0 Å². The molecule has 0 saturated carbocycles. The summed E-state index contributed by atoms with van der Waals surface area (Å²) in [5.74, 6) is 0.718. The molecule has 0 N–H and O–H groups in total. The Hall–Kier alpha value is -2.05. The summed E-state index contributed by atoms with van der Waals surface area (Å²) >= 11 is 0. The zero-order chi connectivity index (χ0) is 12.4. The lowest BCUT2D eigenvalue weighted by atomic mass is 10.1. The molecule has 0 radical (unpaired) electrons. The molecule has 0 amide bonds. The van der Waals surface area contributed by atoms with Crippen LogP contribution in [-0.2, 0) is 0 Å². The van der Waals surface area contributed by atoms with E-state index in [0.717, 1.165) is 5.56 Å². The first kappa shape index (κ1) is 11.4. The molecule has 0 aliphatic carbocycles. The number of methoxy groups -OCH3 is 1. The molecule has 5 nitrogen and oxygen atoms in total. The van der Waals surface area contributed by atoms with Crippen LogP contribution >= 0.6 is 0 Å². The topological polar surface area (TPSA) is 52.8 Å². The van der Waals surface area contributed by atoms with Gasteiger partial charge in [0.05, 0.1) is 7.11 Å². The van der Waals surface area contributed by atoms with Gasteiger partial charge in [-0.25, -0.2) is 0 Å². The molecule has 0 aliphatic heterocycles. The molecule has 2 rings (SSSR count). The summed E-state index contributed by atoms with van der Waals surface area (Å²) < 4.78 is 30.7. The van der Waals surface area contributed by atoms with Gasteiger partial charge in [-0.3, -0.25) is 0 Å². The molecule has 0 spiro atoms. The van der Waals surface area contributed by atoms with Crippen LogP contribution in [0.5, 0.6) is 5.75 Å². The van der Waals surface area contributed by atoms with Crippen molar-refractivity contribution in [3.63, 3.8) is 0 Å². The summed E-state index contributed by atoms with van der Waals surface area (Å²) in [6, 6.07) is 5.02. The third kappa shape index (κ3) is 2.08. The summed E-state index contributed by atoms with van der Waals surface area (Å²) in [7, 11) is 1.55. The van der Waals surface area contributed by atoms with E-state index in [4.69, 9.17) is 4.74 Å². The molecule has 0 atom stereocenters. The first-order valence-electron chi connectivity index (χ1n) is 4.84. The standard InChI is InChI=1S/C10H10F2N4O/c1-6-5-7(3-4-8(6)17-2)9-13-14-15-16(9)10(11)12/h3-5,10H,1-2H3. The molecule has 7 heteroatoms. The monoisotopic (exact) mass is 240 g/mol. The van der Waals surface area contributed by atoms with E-state index >= 15 is 0 Å². The van der Waals surface area contributed by atoms with E-state index in [9.17, 15) is 8.78 Å². The maximum atomic E-state index is 12.6. The Bertz CT molecular complexity index is 527. The van der Waals surface area contributed by atoms with Crippen molar-refractivity contribution in [2.75, 3.05) is 7.11 Å². The number of hydrogen-bond acceptors (Lipinski definition) is 4. The second-order valence-electron chi connectivity index (χ2n) is 3.41. The molecular formula is C10H10F2N4O. The van der Waals surface area contributed by atoms with Gasteiger partial charge in [0, 0.05) is 5.56 Å². The van der Waals surface area contributed by atoms with E-state index < -0.39 is 6.55 Å². The number of aryl methyl sites for hydroxylation is 1. The van der Waals surface area contributed by atoms with Gasteiger partial charge in [0.1, 0.15) is 5.75 Å². The lowest BCUT2D eigenvalue weighted by Crippen LogP contribution is -2.03. The third-order valence-electron chi connectivity index (χ3n) is 2.33. The van der Waals surface area contributed by atoms with Crippen molar-refractivity contribution in [3.8, 4) is 17.1 Å². The summed E-state index contributed by atoms with van der Waals surface area (Å²) in [6.07, 6.45) is 0. The maximum Gasteiger partial charge on any atom is 0.336 e. The number of benzene rings is 1. The molecule has 0 unspecified atom stereocenters. The van der Waals surface area contributed by atoms with Crippen LogP contribution in [0.1, 0.15) is 12.1 Å². The molecule has 1 aromatic heterocycles. The summed E-state index contributed by atoms with van der Waals surface area (Å²) in [5.41, 5.74) is 1.35. The number of hydrogen-bond donors (Lipinski definition) is 0. The third-order valence-corrected chi connectivity index (χ3v) is 2.33. The van der Waals surface area contributed by atoms with Crippen LogP contribution in [-0.4, -0.2) is 27.3 Å². The lowest BCUT2D eigenvalue weighted by molar-refractivity contribution is 0.0564. The highest BCUT2D eigenvalue weighted by atomic mass is 19.3.